The molecular weight excluding hydrogens is 530 g/mol. The molecule has 4 rings (SSSR count). The smallest absolute Gasteiger partial charge is 0.419 e. The number of halogens is 5. The van der Waals surface area contributed by atoms with Crippen LogP contribution in [-0.4, -0.2) is 59.9 Å². The van der Waals surface area contributed by atoms with Crippen LogP contribution >= 0.6 is 23.2 Å². The van der Waals surface area contributed by atoms with E-state index in [1.165, 1.54) is 30.4 Å². The minimum absolute atomic E-state index is 0.151. The van der Waals surface area contributed by atoms with E-state index in [4.69, 9.17) is 27.9 Å². The van der Waals surface area contributed by atoms with Gasteiger partial charge >= 0.3 is 6.18 Å². The fourth-order valence-electron chi connectivity index (χ4n) is 4.51. The van der Waals surface area contributed by atoms with E-state index in [0.717, 1.165) is 24.8 Å². The lowest BCUT2D eigenvalue weighted by molar-refractivity contribution is -0.138. The van der Waals surface area contributed by atoms with E-state index in [1.807, 2.05) is 0 Å². The molecule has 11 heteroatoms. The number of carbonyl (C=O) groups is 2. The molecule has 1 aliphatic rings. The molecule has 37 heavy (non-hydrogen) atoms. The molecule has 0 saturated carbocycles. The second-order valence-electron chi connectivity index (χ2n) is 8.62. The van der Waals surface area contributed by atoms with Gasteiger partial charge in [-0.25, -0.2) is 0 Å². The third kappa shape index (κ3) is 5.52. The number of amides is 2. The fraction of sp³-hybridized carbons (Fsp3) is 0.269. The number of ether oxygens (including phenoxy) is 1. The summed E-state index contributed by atoms with van der Waals surface area (Å²) in [6.07, 6.45) is -1.69. The summed E-state index contributed by atoms with van der Waals surface area (Å²) in [6.45, 7) is 0.425. The monoisotopic (exact) mass is 551 g/mol. The van der Waals surface area contributed by atoms with Gasteiger partial charge in [-0.05, 0) is 48.0 Å². The predicted octanol–water partition coefficient (Wildman–Crippen LogP) is 5.80. The zero-order valence-corrected chi connectivity index (χ0v) is 21.3. The second-order valence-corrected chi connectivity index (χ2v) is 9.44. The van der Waals surface area contributed by atoms with Crippen LogP contribution in [-0.2, 0) is 6.18 Å². The molecule has 0 radical (unpaired) electrons. The largest absolute Gasteiger partial charge is 0.496 e. The van der Waals surface area contributed by atoms with E-state index < -0.39 is 23.7 Å². The third-order valence-electron chi connectivity index (χ3n) is 6.44. The number of nitrogens with zero attached hydrogens (tertiary/aromatic N) is 3. The standard InChI is InChI=1S/C26H22Cl2F3N3O3/c1-33(24(35)17-4-6-23(37-2)19(11-17)26(29,30)31)22-14-34(25(36)15-7-9-32-10-8-15)13-18(22)16-3-5-20(27)21(28)12-16/h3-12,18,22H,13-14H2,1-2H3/t18?,22-/m1/s1. The van der Waals surface area contributed by atoms with Gasteiger partial charge < -0.3 is 14.5 Å². The highest BCUT2D eigenvalue weighted by molar-refractivity contribution is 6.42. The summed E-state index contributed by atoms with van der Waals surface area (Å²) < 4.78 is 45.5. The third-order valence-corrected chi connectivity index (χ3v) is 7.18. The van der Waals surface area contributed by atoms with Crippen LogP contribution in [0.2, 0.25) is 10.0 Å². The van der Waals surface area contributed by atoms with Crippen LogP contribution in [0.1, 0.15) is 37.8 Å². The summed E-state index contributed by atoms with van der Waals surface area (Å²) in [5.41, 5.74) is -0.0177. The Bertz CT molecular complexity index is 1320. The van der Waals surface area contributed by atoms with Gasteiger partial charge in [-0.1, -0.05) is 29.3 Å². The number of hydrogen-bond acceptors (Lipinski definition) is 4. The first-order valence-corrected chi connectivity index (χ1v) is 11.9. The number of methoxy groups -OCH3 is 1. The topological polar surface area (TPSA) is 62.7 Å². The Morgan fingerprint density at radius 1 is 1.00 bits per heavy atom. The molecule has 1 aliphatic heterocycles. The quantitative estimate of drug-likeness (QED) is 0.402. The summed E-state index contributed by atoms with van der Waals surface area (Å²) in [4.78, 5) is 33.5. The van der Waals surface area contributed by atoms with Crippen molar-refractivity contribution in [3.8, 4) is 5.75 Å². The Balaban J connectivity index is 1.69. The van der Waals surface area contributed by atoms with Crippen molar-refractivity contribution in [3.05, 3.63) is 93.2 Å². The van der Waals surface area contributed by atoms with Crippen molar-refractivity contribution in [1.82, 2.24) is 14.8 Å². The molecule has 1 fully saturated rings. The highest BCUT2D eigenvalue weighted by Gasteiger charge is 2.41. The van der Waals surface area contributed by atoms with Gasteiger partial charge in [0.05, 0.1) is 28.8 Å². The van der Waals surface area contributed by atoms with Crippen molar-refractivity contribution in [2.24, 2.45) is 0 Å². The van der Waals surface area contributed by atoms with E-state index >= 15 is 0 Å². The number of likely N-dealkylation sites (tertiary alicyclic amines) is 1. The molecule has 0 spiro atoms. The first-order chi connectivity index (χ1) is 17.5. The van der Waals surface area contributed by atoms with Crippen molar-refractivity contribution >= 4 is 35.0 Å². The summed E-state index contributed by atoms with van der Waals surface area (Å²) in [7, 11) is 2.64. The molecule has 2 atom stereocenters. The average Bonchev–Trinajstić information content (AvgIpc) is 3.34. The van der Waals surface area contributed by atoms with Gasteiger partial charge in [0.25, 0.3) is 11.8 Å². The molecule has 2 aromatic carbocycles. The van der Waals surface area contributed by atoms with Gasteiger partial charge in [0, 0.05) is 49.6 Å². The van der Waals surface area contributed by atoms with Crippen LogP contribution in [0.4, 0.5) is 13.2 Å². The van der Waals surface area contributed by atoms with E-state index in [2.05, 4.69) is 4.98 Å². The van der Waals surface area contributed by atoms with Crippen LogP contribution in [0.5, 0.6) is 5.75 Å². The SMILES string of the molecule is COc1ccc(C(=O)N(C)[C@@H]2CN(C(=O)c3ccncc3)CC2c2ccc(Cl)c(Cl)c2)cc1C(F)(F)F. The minimum atomic E-state index is -4.70. The lowest BCUT2D eigenvalue weighted by Crippen LogP contribution is -2.42. The van der Waals surface area contributed by atoms with E-state index in [1.54, 1.807) is 35.2 Å². The number of carbonyl (C=O) groups excluding carboxylic acids is 2. The maximum absolute atomic E-state index is 13.6. The van der Waals surface area contributed by atoms with Crippen LogP contribution < -0.4 is 4.74 Å². The molecule has 0 bridgehead atoms. The van der Waals surface area contributed by atoms with Gasteiger partial charge in [-0.2, -0.15) is 13.2 Å². The lowest BCUT2D eigenvalue weighted by Gasteiger charge is -2.29. The molecule has 3 aromatic rings. The van der Waals surface area contributed by atoms with E-state index in [9.17, 15) is 22.8 Å². The molecule has 2 heterocycles. The molecule has 1 unspecified atom stereocenters. The molecule has 6 nitrogen and oxygen atoms in total. The van der Waals surface area contributed by atoms with Gasteiger partial charge in [-0.15, -0.1) is 0 Å². The number of likely N-dealkylation sites (N-methyl/N-ethyl adjacent to an activating group) is 1. The van der Waals surface area contributed by atoms with Crippen molar-refractivity contribution in [1.29, 1.82) is 0 Å². The summed E-state index contributed by atoms with van der Waals surface area (Å²) >= 11 is 12.3. The Kier molecular flexibility index (Phi) is 7.66. The maximum Gasteiger partial charge on any atom is 0.419 e. The normalized spacial score (nSPS) is 17.5. The maximum atomic E-state index is 13.6. The van der Waals surface area contributed by atoms with Crippen LogP contribution in [0, 0.1) is 0 Å². The highest BCUT2D eigenvalue weighted by Crippen LogP contribution is 2.38. The van der Waals surface area contributed by atoms with Crippen molar-refractivity contribution in [3.63, 3.8) is 0 Å². The summed E-state index contributed by atoms with van der Waals surface area (Å²) in [6, 6.07) is 10.9. The molecular formula is C26H22Cl2F3N3O3. The Morgan fingerprint density at radius 3 is 2.32 bits per heavy atom. The summed E-state index contributed by atoms with van der Waals surface area (Å²) in [5.74, 6) is -1.62. The lowest BCUT2D eigenvalue weighted by atomic mass is 9.93. The zero-order chi connectivity index (χ0) is 26.9. The number of rotatable bonds is 5. The number of hydrogen-bond donors (Lipinski definition) is 0. The zero-order valence-electron chi connectivity index (χ0n) is 19.8. The molecule has 0 aliphatic carbocycles. The predicted molar refractivity (Wildman–Crippen MR) is 133 cm³/mol. The molecule has 1 saturated heterocycles. The number of alkyl halides is 3. The second kappa shape index (κ2) is 10.6. The number of benzene rings is 2. The molecule has 2 amide bonds. The Labute approximate surface area is 221 Å². The van der Waals surface area contributed by atoms with E-state index in [0.29, 0.717) is 15.6 Å². The molecule has 0 N–H and O–H groups in total. The first kappa shape index (κ1) is 26.8. The highest BCUT2D eigenvalue weighted by atomic mass is 35.5. The number of aromatic nitrogens is 1. The average molecular weight is 552 g/mol. The Hall–Kier alpha value is -3.30. The van der Waals surface area contributed by atoms with Gasteiger partial charge in [-0.3, -0.25) is 14.6 Å². The van der Waals surface area contributed by atoms with Crippen LogP contribution in [0.3, 0.4) is 0 Å². The fourth-order valence-corrected chi connectivity index (χ4v) is 4.82. The van der Waals surface area contributed by atoms with Crippen molar-refractivity contribution in [2.75, 3.05) is 27.2 Å². The van der Waals surface area contributed by atoms with Gasteiger partial charge in [0.1, 0.15) is 5.75 Å². The molecule has 1 aromatic heterocycles. The summed E-state index contributed by atoms with van der Waals surface area (Å²) in [5, 5.41) is 0.669. The number of pyridine rings is 1. The minimum Gasteiger partial charge on any atom is -0.496 e. The first-order valence-electron chi connectivity index (χ1n) is 11.2. The van der Waals surface area contributed by atoms with Crippen molar-refractivity contribution in [2.45, 2.75) is 18.1 Å². The van der Waals surface area contributed by atoms with Crippen LogP contribution in [0.15, 0.2) is 60.9 Å². The Morgan fingerprint density at radius 2 is 1.70 bits per heavy atom. The van der Waals surface area contributed by atoms with Gasteiger partial charge in [0.2, 0.25) is 0 Å². The van der Waals surface area contributed by atoms with Crippen LogP contribution in [0.25, 0.3) is 0 Å². The van der Waals surface area contributed by atoms with Crippen molar-refractivity contribution < 1.29 is 27.5 Å². The van der Waals surface area contributed by atoms with Gasteiger partial charge in [0.15, 0.2) is 0 Å². The molecule has 194 valence electrons. The van der Waals surface area contributed by atoms with E-state index in [-0.39, 0.29) is 36.2 Å².